The summed E-state index contributed by atoms with van der Waals surface area (Å²) in [5.41, 5.74) is 6.88. The van der Waals surface area contributed by atoms with Crippen molar-refractivity contribution in [3.8, 4) is 0 Å². The minimum absolute atomic E-state index is 0. The quantitative estimate of drug-likeness (QED) is 0.867. The lowest BCUT2D eigenvalue weighted by atomic mass is 9.85. The maximum Gasteiger partial charge on any atom is 0.237 e. The third kappa shape index (κ3) is 4.24. The van der Waals surface area contributed by atoms with E-state index < -0.39 is 6.04 Å². The van der Waals surface area contributed by atoms with Crippen LogP contribution < -0.4 is 11.1 Å². The third-order valence-electron chi connectivity index (χ3n) is 4.73. The Labute approximate surface area is 148 Å². The van der Waals surface area contributed by atoms with Crippen molar-refractivity contribution in [2.45, 2.75) is 57.5 Å². The monoisotopic (exact) mass is 351 g/mol. The molecule has 1 aliphatic carbocycles. The van der Waals surface area contributed by atoms with E-state index in [9.17, 15) is 4.79 Å². The maximum atomic E-state index is 12.4. The Morgan fingerprint density at radius 2 is 2.08 bits per heavy atom. The van der Waals surface area contributed by atoms with Crippen LogP contribution in [0.25, 0.3) is 5.65 Å². The van der Waals surface area contributed by atoms with Gasteiger partial charge in [0.05, 0.1) is 12.1 Å². The average Bonchev–Trinajstić information content (AvgIpc) is 2.99. The predicted molar refractivity (Wildman–Crippen MR) is 96.0 cm³/mol. The van der Waals surface area contributed by atoms with Gasteiger partial charge in [-0.05, 0) is 31.4 Å². The Kier molecular flexibility index (Phi) is 6.57. The molecule has 24 heavy (non-hydrogen) atoms. The molecule has 1 fully saturated rings. The minimum Gasteiger partial charge on any atom is -0.345 e. The molecule has 0 saturated heterocycles. The van der Waals surface area contributed by atoms with Crippen molar-refractivity contribution in [2.75, 3.05) is 0 Å². The molecular weight excluding hydrogens is 326 g/mol. The summed E-state index contributed by atoms with van der Waals surface area (Å²) in [6.45, 7) is 1.91. The zero-order valence-corrected chi connectivity index (χ0v) is 14.8. The van der Waals surface area contributed by atoms with Gasteiger partial charge in [-0.15, -0.1) is 22.6 Å². The van der Waals surface area contributed by atoms with Crippen LogP contribution in [0.5, 0.6) is 0 Å². The van der Waals surface area contributed by atoms with E-state index in [2.05, 4.69) is 15.5 Å². The molecule has 2 heterocycles. The number of nitrogens with zero attached hydrogens (tertiary/aromatic N) is 3. The van der Waals surface area contributed by atoms with Crippen molar-refractivity contribution in [2.24, 2.45) is 11.7 Å². The van der Waals surface area contributed by atoms with Gasteiger partial charge in [-0.25, -0.2) is 0 Å². The molecule has 2 unspecified atom stereocenters. The molecule has 0 spiro atoms. The van der Waals surface area contributed by atoms with E-state index in [4.69, 9.17) is 5.73 Å². The van der Waals surface area contributed by atoms with Crippen LogP contribution in [0.4, 0.5) is 0 Å². The van der Waals surface area contributed by atoms with Crippen molar-refractivity contribution in [3.63, 3.8) is 0 Å². The van der Waals surface area contributed by atoms with Crippen molar-refractivity contribution in [3.05, 3.63) is 30.2 Å². The molecule has 1 saturated carbocycles. The van der Waals surface area contributed by atoms with Crippen molar-refractivity contribution < 1.29 is 4.79 Å². The highest BCUT2D eigenvalue weighted by molar-refractivity contribution is 5.85. The molecule has 1 aliphatic rings. The minimum atomic E-state index is -0.445. The van der Waals surface area contributed by atoms with E-state index in [1.165, 1.54) is 32.1 Å². The fourth-order valence-corrected chi connectivity index (χ4v) is 3.43. The first-order valence-corrected chi connectivity index (χ1v) is 8.51. The summed E-state index contributed by atoms with van der Waals surface area (Å²) in [4.78, 5) is 12.4. The fraction of sp³-hybridized carbons (Fsp3) is 0.588. The molecule has 2 atom stereocenters. The molecule has 2 aromatic rings. The molecule has 7 heteroatoms. The first kappa shape index (κ1) is 18.7. The number of halogens is 1. The molecule has 0 bridgehead atoms. The highest BCUT2D eigenvalue weighted by atomic mass is 35.5. The van der Waals surface area contributed by atoms with Crippen LogP contribution >= 0.6 is 12.4 Å². The largest absolute Gasteiger partial charge is 0.345 e. The van der Waals surface area contributed by atoms with Crippen LogP contribution in [0.15, 0.2) is 24.4 Å². The molecule has 2 aromatic heterocycles. The summed E-state index contributed by atoms with van der Waals surface area (Å²) in [7, 11) is 0. The van der Waals surface area contributed by atoms with E-state index in [1.54, 1.807) is 0 Å². The number of hydrogen-bond donors (Lipinski definition) is 2. The number of carbonyl (C=O) groups excluding carboxylic acids is 1. The van der Waals surface area contributed by atoms with Gasteiger partial charge in [0.1, 0.15) is 0 Å². The lowest BCUT2D eigenvalue weighted by molar-refractivity contribution is -0.123. The highest BCUT2D eigenvalue weighted by Gasteiger charge is 2.23. The highest BCUT2D eigenvalue weighted by Crippen LogP contribution is 2.27. The SMILES string of the molecule is CC(NC(=O)C(N)CC1CCCCC1)c1nnc2ccccn12.Cl. The van der Waals surface area contributed by atoms with E-state index in [-0.39, 0.29) is 24.4 Å². The Balaban J connectivity index is 0.00000208. The predicted octanol–water partition coefficient (Wildman–Crippen LogP) is 2.63. The van der Waals surface area contributed by atoms with Crippen molar-refractivity contribution in [1.82, 2.24) is 19.9 Å². The van der Waals surface area contributed by atoms with E-state index in [0.29, 0.717) is 5.92 Å². The van der Waals surface area contributed by atoms with Gasteiger partial charge in [-0.2, -0.15) is 0 Å². The summed E-state index contributed by atoms with van der Waals surface area (Å²) < 4.78 is 1.89. The van der Waals surface area contributed by atoms with Crippen LogP contribution in [0.2, 0.25) is 0 Å². The number of amides is 1. The molecule has 1 amide bonds. The van der Waals surface area contributed by atoms with Crippen LogP contribution in [0, 0.1) is 5.92 Å². The average molecular weight is 352 g/mol. The molecule has 0 aromatic carbocycles. The summed E-state index contributed by atoms with van der Waals surface area (Å²) >= 11 is 0. The summed E-state index contributed by atoms with van der Waals surface area (Å²) in [5.74, 6) is 1.21. The zero-order chi connectivity index (χ0) is 16.2. The normalized spacial score (nSPS) is 17.9. The summed E-state index contributed by atoms with van der Waals surface area (Å²) in [6.07, 6.45) is 8.92. The van der Waals surface area contributed by atoms with Gasteiger partial charge in [-0.3, -0.25) is 9.20 Å². The number of pyridine rings is 1. The number of carbonyl (C=O) groups is 1. The first-order valence-electron chi connectivity index (χ1n) is 8.51. The summed E-state index contributed by atoms with van der Waals surface area (Å²) in [5, 5.41) is 11.3. The molecular formula is C17H26ClN5O. The number of aromatic nitrogens is 3. The second kappa shape index (κ2) is 8.44. The third-order valence-corrected chi connectivity index (χ3v) is 4.73. The molecule has 0 radical (unpaired) electrons. The maximum absolute atomic E-state index is 12.4. The van der Waals surface area contributed by atoms with Crippen LogP contribution in [0.1, 0.15) is 57.3 Å². The first-order chi connectivity index (χ1) is 11.1. The van der Waals surface area contributed by atoms with Gasteiger partial charge in [0, 0.05) is 6.20 Å². The van der Waals surface area contributed by atoms with Crippen molar-refractivity contribution >= 4 is 24.0 Å². The number of fused-ring (bicyclic) bond motifs is 1. The van der Waals surface area contributed by atoms with E-state index in [0.717, 1.165) is 17.9 Å². The van der Waals surface area contributed by atoms with Gasteiger partial charge in [0.25, 0.3) is 0 Å². The Morgan fingerprint density at radius 1 is 1.33 bits per heavy atom. The lowest BCUT2D eigenvalue weighted by Crippen LogP contribution is -2.43. The number of nitrogens with two attached hydrogens (primary N) is 1. The van der Waals surface area contributed by atoms with Crippen LogP contribution in [0.3, 0.4) is 0 Å². The van der Waals surface area contributed by atoms with Gasteiger partial charge in [0.15, 0.2) is 11.5 Å². The van der Waals surface area contributed by atoms with Gasteiger partial charge < -0.3 is 11.1 Å². The zero-order valence-electron chi connectivity index (χ0n) is 14.0. The number of rotatable bonds is 5. The smallest absolute Gasteiger partial charge is 0.237 e. The Morgan fingerprint density at radius 3 is 2.83 bits per heavy atom. The molecule has 3 rings (SSSR count). The number of hydrogen-bond acceptors (Lipinski definition) is 4. The Bertz CT molecular complexity index is 668. The topological polar surface area (TPSA) is 85.3 Å². The van der Waals surface area contributed by atoms with Crippen LogP contribution in [-0.2, 0) is 4.79 Å². The molecule has 132 valence electrons. The lowest BCUT2D eigenvalue weighted by Gasteiger charge is -2.24. The second-order valence-electron chi connectivity index (χ2n) is 6.56. The standard InChI is InChI=1S/C17H25N5O.ClH/c1-12(16-21-20-15-9-5-6-10-22(15)16)19-17(23)14(18)11-13-7-3-2-4-8-13;/h5-6,9-10,12-14H,2-4,7-8,11,18H2,1H3,(H,19,23);1H. The van der Waals surface area contributed by atoms with Gasteiger partial charge in [0.2, 0.25) is 5.91 Å². The van der Waals surface area contributed by atoms with Crippen LogP contribution in [-0.4, -0.2) is 26.5 Å². The van der Waals surface area contributed by atoms with Gasteiger partial charge >= 0.3 is 0 Å². The van der Waals surface area contributed by atoms with E-state index >= 15 is 0 Å². The number of nitrogens with one attached hydrogen (secondary N) is 1. The Hall–Kier alpha value is -1.66. The summed E-state index contributed by atoms with van der Waals surface area (Å²) in [6, 6.07) is 5.05. The molecule has 6 nitrogen and oxygen atoms in total. The molecule has 0 aliphatic heterocycles. The van der Waals surface area contributed by atoms with Crippen molar-refractivity contribution in [1.29, 1.82) is 0 Å². The van der Waals surface area contributed by atoms with Gasteiger partial charge in [-0.1, -0.05) is 38.2 Å². The second-order valence-corrected chi connectivity index (χ2v) is 6.56. The molecule has 3 N–H and O–H groups in total. The van der Waals surface area contributed by atoms with E-state index in [1.807, 2.05) is 35.7 Å². The fourth-order valence-electron chi connectivity index (χ4n) is 3.43.